The Hall–Kier alpha value is -2.68. The smallest absolute Gasteiger partial charge is 0.251 e. The standard InChI is InChI=1S/C21H23ClN4O3S/c1-16-23-11-13-26(16)12-5-10-24-21(27)18-8-9-19(22)20(14-18)30(28,29)25-15-17-6-3-2-4-7-17/h2-4,6-9,11,13-14,25H,5,10,12,15H2,1H3,(H,24,27). The predicted molar refractivity (Wildman–Crippen MR) is 116 cm³/mol. The molecule has 0 fully saturated rings. The second-order valence-corrected chi connectivity index (χ2v) is 8.88. The Morgan fingerprint density at radius 1 is 1.17 bits per heavy atom. The molecular formula is C21H23ClN4O3S. The number of rotatable bonds is 9. The van der Waals surface area contributed by atoms with Crippen molar-refractivity contribution in [2.24, 2.45) is 0 Å². The van der Waals surface area contributed by atoms with Crippen molar-refractivity contribution in [3.63, 3.8) is 0 Å². The fraction of sp³-hybridized carbons (Fsp3) is 0.238. The number of nitrogens with one attached hydrogen (secondary N) is 2. The minimum absolute atomic E-state index is 0.0581. The first kappa shape index (κ1) is 22.0. The van der Waals surface area contributed by atoms with Crippen LogP contribution in [0.3, 0.4) is 0 Å². The third-order valence-electron chi connectivity index (χ3n) is 4.58. The summed E-state index contributed by atoms with van der Waals surface area (Å²) in [4.78, 5) is 16.5. The summed E-state index contributed by atoms with van der Waals surface area (Å²) in [5.74, 6) is 0.561. The molecule has 3 rings (SSSR count). The fourth-order valence-electron chi connectivity index (χ4n) is 2.90. The fourth-order valence-corrected chi connectivity index (χ4v) is 4.44. The second kappa shape index (κ2) is 9.88. The summed E-state index contributed by atoms with van der Waals surface area (Å²) < 4.78 is 29.9. The number of carbonyl (C=O) groups is 1. The molecule has 0 radical (unpaired) electrons. The Kier molecular flexibility index (Phi) is 7.25. The molecule has 0 saturated heterocycles. The number of carbonyl (C=O) groups excluding carboxylic acids is 1. The molecule has 0 aliphatic heterocycles. The summed E-state index contributed by atoms with van der Waals surface area (Å²) in [5.41, 5.74) is 1.05. The maximum absolute atomic E-state index is 12.7. The molecular weight excluding hydrogens is 424 g/mol. The van der Waals surface area contributed by atoms with Gasteiger partial charge in [-0.2, -0.15) is 0 Å². The molecule has 0 atom stereocenters. The molecule has 0 bridgehead atoms. The van der Waals surface area contributed by atoms with E-state index in [4.69, 9.17) is 11.6 Å². The average molecular weight is 447 g/mol. The number of amides is 1. The van der Waals surface area contributed by atoms with E-state index in [2.05, 4.69) is 15.0 Å². The van der Waals surface area contributed by atoms with E-state index in [9.17, 15) is 13.2 Å². The lowest BCUT2D eigenvalue weighted by Gasteiger charge is -2.11. The van der Waals surface area contributed by atoms with Crippen molar-refractivity contribution in [3.8, 4) is 0 Å². The molecule has 0 unspecified atom stereocenters. The molecule has 0 aliphatic carbocycles. The van der Waals surface area contributed by atoms with Gasteiger partial charge in [0.1, 0.15) is 10.7 Å². The Labute approximate surface area is 181 Å². The van der Waals surface area contributed by atoms with Crippen molar-refractivity contribution < 1.29 is 13.2 Å². The van der Waals surface area contributed by atoms with Crippen LogP contribution in [0.2, 0.25) is 5.02 Å². The summed E-state index contributed by atoms with van der Waals surface area (Å²) in [6.45, 7) is 3.23. The molecule has 0 saturated carbocycles. The van der Waals surface area contributed by atoms with Gasteiger partial charge in [0.15, 0.2) is 0 Å². The minimum Gasteiger partial charge on any atom is -0.352 e. The summed E-state index contributed by atoms with van der Waals surface area (Å²) in [6, 6.07) is 13.4. The van der Waals surface area contributed by atoms with Gasteiger partial charge in [-0.25, -0.2) is 18.1 Å². The van der Waals surface area contributed by atoms with Crippen molar-refractivity contribution in [3.05, 3.63) is 82.9 Å². The van der Waals surface area contributed by atoms with Crippen molar-refractivity contribution >= 4 is 27.5 Å². The van der Waals surface area contributed by atoms with Gasteiger partial charge in [-0.3, -0.25) is 4.79 Å². The van der Waals surface area contributed by atoms with Gasteiger partial charge in [-0.15, -0.1) is 0 Å². The first-order valence-electron chi connectivity index (χ1n) is 9.46. The van der Waals surface area contributed by atoms with Gasteiger partial charge in [0, 0.05) is 37.6 Å². The topological polar surface area (TPSA) is 93.1 Å². The van der Waals surface area contributed by atoms with E-state index >= 15 is 0 Å². The van der Waals surface area contributed by atoms with E-state index in [-0.39, 0.29) is 27.9 Å². The zero-order valence-corrected chi connectivity index (χ0v) is 18.1. The maximum Gasteiger partial charge on any atom is 0.251 e. The van der Waals surface area contributed by atoms with Crippen LogP contribution in [0.1, 0.15) is 28.2 Å². The van der Waals surface area contributed by atoms with E-state index in [1.807, 2.05) is 48.0 Å². The predicted octanol–water partition coefficient (Wildman–Crippen LogP) is 3.14. The van der Waals surface area contributed by atoms with Crippen LogP contribution >= 0.6 is 11.6 Å². The Morgan fingerprint density at radius 3 is 2.63 bits per heavy atom. The number of imidazole rings is 1. The van der Waals surface area contributed by atoms with Gasteiger partial charge in [0.25, 0.3) is 5.91 Å². The highest BCUT2D eigenvalue weighted by molar-refractivity contribution is 7.89. The molecule has 158 valence electrons. The SMILES string of the molecule is Cc1nccn1CCCNC(=O)c1ccc(Cl)c(S(=O)(=O)NCc2ccccc2)c1. The third kappa shape index (κ3) is 5.69. The van der Waals surface area contributed by atoms with Crippen molar-refractivity contribution in [1.82, 2.24) is 19.6 Å². The molecule has 2 aromatic carbocycles. The lowest BCUT2D eigenvalue weighted by molar-refractivity contribution is 0.0952. The lowest BCUT2D eigenvalue weighted by atomic mass is 10.2. The van der Waals surface area contributed by atoms with Crippen LogP contribution in [-0.2, 0) is 23.1 Å². The van der Waals surface area contributed by atoms with Crippen LogP contribution < -0.4 is 10.0 Å². The van der Waals surface area contributed by atoms with Gasteiger partial charge >= 0.3 is 0 Å². The monoisotopic (exact) mass is 446 g/mol. The number of aromatic nitrogens is 2. The van der Waals surface area contributed by atoms with Gasteiger partial charge in [0.05, 0.1) is 5.02 Å². The largest absolute Gasteiger partial charge is 0.352 e. The molecule has 9 heteroatoms. The van der Waals surface area contributed by atoms with Gasteiger partial charge in [-0.05, 0) is 37.1 Å². The number of sulfonamides is 1. The zero-order valence-electron chi connectivity index (χ0n) is 16.5. The van der Waals surface area contributed by atoms with E-state index in [1.54, 1.807) is 6.20 Å². The Morgan fingerprint density at radius 2 is 1.93 bits per heavy atom. The highest BCUT2D eigenvalue weighted by Crippen LogP contribution is 2.23. The first-order valence-corrected chi connectivity index (χ1v) is 11.3. The van der Waals surface area contributed by atoms with E-state index in [0.29, 0.717) is 6.54 Å². The number of hydrogen-bond donors (Lipinski definition) is 2. The summed E-state index contributed by atoms with van der Waals surface area (Å²) >= 11 is 6.11. The molecule has 1 amide bonds. The minimum atomic E-state index is -3.88. The summed E-state index contributed by atoms with van der Waals surface area (Å²) in [6.07, 6.45) is 4.34. The van der Waals surface area contributed by atoms with Crippen LogP contribution in [0.25, 0.3) is 0 Å². The molecule has 0 spiro atoms. The number of hydrogen-bond acceptors (Lipinski definition) is 4. The van der Waals surface area contributed by atoms with E-state index in [0.717, 1.165) is 24.4 Å². The van der Waals surface area contributed by atoms with Gasteiger partial charge in [0.2, 0.25) is 10.0 Å². The summed E-state index contributed by atoms with van der Waals surface area (Å²) in [5, 5.41) is 2.86. The van der Waals surface area contributed by atoms with Gasteiger partial charge < -0.3 is 9.88 Å². The Balaban J connectivity index is 1.61. The molecule has 7 nitrogen and oxygen atoms in total. The second-order valence-electron chi connectivity index (χ2n) is 6.73. The number of aryl methyl sites for hydroxylation is 2. The average Bonchev–Trinajstić information content (AvgIpc) is 3.15. The Bertz CT molecular complexity index is 1110. The molecule has 1 aromatic heterocycles. The van der Waals surface area contributed by atoms with Crippen LogP contribution in [0.4, 0.5) is 0 Å². The number of benzene rings is 2. The van der Waals surface area contributed by atoms with Crippen LogP contribution in [0, 0.1) is 6.92 Å². The van der Waals surface area contributed by atoms with Crippen molar-refractivity contribution in [2.45, 2.75) is 31.3 Å². The molecule has 30 heavy (non-hydrogen) atoms. The van der Waals surface area contributed by atoms with Crippen molar-refractivity contribution in [1.29, 1.82) is 0 Å². The molecule has 1 heterocycles. The number of halogens is 1. The van der Waals surface area contributed by atoms with Crippen LogP contribution in [-0.4, -0.2) is 30.4 Å². The third-order valence-corrected chi connectivity index (χ3v) is 6.46. The van der Waals surface area contributed by atoms with Gasteiger partial charge in [-0.1, -0.05) is 41.9 Å². The zero-order chi connectivity index (χ0) is 21.6. The van der Waals surface area contributed by atoms with Crippen LogP contribution in [0.5, 0.6) is 0 Å². The van der Waals surface area contributed by atoms with E-state index in [1.165, 1.54) is 18.2 Å². The first-order chi connectivity index (χ1) is 14.4. The maximum atomic E-state index is 12.7. The molecule has 0 aliphatic rings. The quantitative estimate of drug-likeness (QED) is 0.494. The van der Waals surface area contributed by atoms with Crippen LogP contribution in [0.15, 0.2) is 65.8 Å². The molecule has 3 aromatic rings. The van der Waals surface area contributed by atoms with E-state index < -0.39 is 10.0 Å². The summed E-state index contributed by atoms with van der Waals surface area (Å²) in [7, 11) is -3.88. The lowest BCUT2D eigenvalue weighted by Crippen LogP contribution is -2.27. The molecule has 2 N–H and O–H groups in total. The highest BCUT2D eigenvalue weighted by Gasteiger charge is 2.20. The van der Waals surface area contributed by atoms with Crippen molar-refractivity contribution in [2.75, 3.05) is 6.54 Å². The number of nitrogens with zero attached hydrogens (tertiary/aromatic N) is 2. The normalized spacial score (nSPS) is 11.4. The highest BCUT2D eigenvalue weighted by atomic mass is 35.5.